The van der Waals surface area contributed by atoms with Crippen molar-refractivity contribution in [3.05, 3.63) is 24.3 Å². The molecule has 27 heavy (non-hydrogen) atoms. The highest BCUT2D eigenvalue weighted by Crippen LogP contribution is 2.33. The molecule has 2 heterocycles. The number of carbonyl (C=O) groups excluding carboxylic acids is 2. The molecule has 2 amide bonds. The number of nitrogens with zero attached hydrogens (tertiary/aromatic N) is 2. The van der Waals surface area contributed by atoms with Crippen LogP contribution < -0.4 is 10.2 Å². The van der Waals surface area contributed by atoms with Gasteiger partial charge < -0.3 is 19.9 Å². The van der Waals surface area contributed by atoms with E-state index in [0.29, 0.717) is 18.9 Å². The van der Waals surface area contributed by atoms with E-state index in [0.717, 1.165) is 31.0 Å². The minimum Gasteiger partial charge on any atom is -0.372 e. The van der Waals surface area contributed by atoms with E-state index in [1.807, 2.05) is 29.2 Å². The van der Waals surface area contributed by atoms with Gasteiger partial charge in [-0.1, -0.05) is 12.1 Å². The summed E-state index contributed by atoms with van der Waals surface area (Å²) in [7, 11) is 0. The van der Waals surface area contributed by atoms with E-state index in [-0.39, 0.29) is 29.9 Å². The summed E-state index contributed by atoms with van der Waals surface area (Å²) < 4.78 is 5.83. The highest BCUT2D eigenvalue weighted by atomic mass is 16.5. The molecule has 3 aliphatic rings. The lowest BCUT2D eigenvalue weighted by Crippen LogP contribution is -2.45. The Kier molecular flexibility index (Phi) is 5.08. The number of hydrogen-bond acceptors (Lipinski definition) is 4. The van der Waals surface area contributed by atoms with Gasteiger partial charge in [0.25, 0.3) is 0 Å². The first-order valence-corrected chi connectivity index (χ1v) is 10.1. The maximum Gasteiger partial charge on any atom is 0.229 e. The summed E-state index contributed by atoms with van der Waals surface area (Å²) in [6.07, 6.45) is 3.06. The van der Waals surface area contributed by atoms with Gasteiger partial charge in [-0.2, -0.15) is 0 Å². The van der Waals surface area contributed by atoms with Crippen molar-refractivity contribution in [1.82, 2.24) is 4.90 Å². The summed E-state index contributed by atoms with van der Waals surface area (Å²) in [6.45, 7) is 7.12. The predicted molar refractivity (Wildman–Crippen MR) is 105 cm³/mol. The fraction of sp³-hybridized carbons (Fsp3) is 0.619. The van der Waals surface area contributed by atoms with Crippen molar-refractivity contribution < 1.29 is 14.3 Å². The van der Waals surface area contributed by atoms with Gasteiger partial charge in [-0.25, -0.2) is 0 Å². The summed E-state index contributed by atoms with van der Waals surface area (Å²) in [5.74, 6) is 0.461. The Morgan fingerprint density at radius 2 is 1.85 bits per heavy atom. The Labute approximate surface area is 160 Å². The van der Waals surface area contributed by atoms with Gasteiger partial charge in [0, 0.05) is 32.6 Å². The molecule has 146 valence electrons. The minimum atomic E-state index is -0.258. The van der Waals surface area contributed by atoms with Crippen LogP contribution in [0.15, 0.2) is 24.3 Å². The van der Waals surface area contributed by atoms with E-state index >= 15 is 0 Å². The summed E-state index contributed by atoms with van der Waals surface area (Å²) in [5.41, 5.74) is 1.84. The van der Waals surface area contributed by atoms with Crippen LogP contribution in [0, 0.1) is 11.8 Å². The van der Waals surface area contributed by atoms with E-state index in [4.69, 9.17) is 4.74 Å². The lowest BCUT2D eigenvalue weighted by Gasteiger charge is -2.37. The van der Waals surface area contributed by atoms with Crippen molar-refractivity contribution in [2.45, 2.75) is 45.3 Å². The lowest BCUT2D eigenvalue weighted by molar-refractivity contribution is -0.128. The summed E-state index contributed by atoms with van der Waals surface area (Å²) >= 11 is 0. The number of rotatable bonds is 5. The van der Waals surface area contributed by atoms with E-state index in [1.54, 1.807) is 0 Å². The van der Waals surface area contributed by atoms with E-state index < -0.39 is 0 Å². The topological polar surface area (TPSA) is 61.9 Å². The van der Waals surface area contributed by atoms with Gasteiger partial charge in [0.2, 0.25) is 11.8 Å². The third kappa shape index (κ3) is 4.26. The SMILES string of the molecule is C[C@@H]1CN(c2ccccc2NC(=O)[C@@H]2CC(=O)N(CC3CC3)C2)C[C@@H](C)O1. The molecule has 2 saturated heterocycles. The monoisotopic (exact) mass is 371 g/mol. The van der Waals surface area contributed by atoms with E-state index in [2.05, 4.69) is 24.1 Å². The third-order valence-electron chi connectivity index (χ3n) is 5.68. The van der Waals surface area contributed by atoms with Crippen molar-refractivity contribution in [2.24, 2.45) is 11.8 Å². The molecule has 2 aliphatic heterocycles. The number of hydrogen-bond donors (Lipinski definition) is 1. The molecule has 1 saturated carbocycles. The summed E-state index contributed by atoms with van der Waals surface area (Å²) in [5, 5.41) is 3.09. The van der Waals surface area contributed by atoms with Gasteiger partial charge >= 0.3 is 0 Å². The maximum atomic E-state index is 12.8. The lowest BCUT2D eigenvalue weighted by atomic mass is 10.1. The molecular weight excluding hydrogens is 342 g/mol. The fourth-order valence-corrected chi connectivity index (χ4v) is 4.20. The van der Waals surface area contributed by atoms with Crippen LogP contribution in [0.3, 0.4) is 0 Å². The Balaban J connectivity index is 1.43. The molecule has 3 fully saturated rings. The van der Waals surface area contributed by atoms with Crippen LogP contribution in [0.1, 0.15) is 33.1 Å². The molecule has 6 nitrogen and oxygen atoms in total. The second-order valence-electron chi connectivity index (χ2n) is 8.31. The zero-order valence-electron chi connectivity index (χ0n) is 16.2. The number of para-hydroxylation sites is 2. The third-order valence-corrected chi connectivity index (χ3v) is 5.68. The van der Waals surface area contributed by atoms with Crippen molar-refractivity contribution in [1.29, 1.82) is 0 Å². The summed E-state index contributed by atoms with van der Waals surface area (Å²) in [6, 6.07) is 7.91. The number of nitrogens with one attached hydrogen (secondary N) is 1. The Morgan fingerprint density at radius 1 is 1.15 bits per heavy atom. The molecule has 4 rings (SSSR count). The Morgan fingerprint density at radius 3 is 2.56 bits per heavy atom. The minimum absolute atomic E-state index is 0.0524. The molecule has 1 aromatic rings. The molecule has 1 aliphatic carbocycles. The predicted octanol–water partition coefficient (Wildman–Crippen LogP) is 2.50. The van der Waals surface area contributed by atoms with Crippen LogP contribution in [0.25, 0.3) is 0 Å². The highest BCUT2D eigenvalue weighted by Gasteiger charge is 2.37. The molecule has 0 bridgehead atoms. The van der Waals surface area contributed by atoms with Crippen molar-refractivity contribution in [2.75, 3.05) is 36.4 Å². The zero-order chi connectivity index (χ0) is 19.0. The number of benzene rings is 1. The first-order valence-electron chi connectivity index (χ1n) is 10.1. The van der Waals surface area contributed by atoms with E-state index in [1.165, 1.54) is 12.8 Å². The highest BCUT2D eigenvalue weighted by molar-refractivity contribution is 5.99. The van der Waals surface area contributed by atoms with Crippen LogP contribution in [0.4, 0.5) is 11.4 Å². The van der Waals surface area contributed by atoms with Gasteiger partial charge in [-0.15, -0.1) is 0 Å². The second-order valence-corrected chi connectivity index (χ2v) is 8.31. The molecule has 0 aromatic heterocycles. The standard InChI is InChI=1S/C21H29N3O3/c1-14-10-23(11-15(2)27-14)19-6-4-3-5-18(19)22-21(26)17-9-20(25)24(13-17)12-16-7-8-16/h3-6,14-17H,7-13H2,1-2H3,(H,22,26)/t14-,15-,17-/m1/s1. The maximum absolute atomic E-state index is 12.8. The van der Waals surface area contributed by atoms with Crippen LogP contribution >= 0.6 is 0 Å². The van der Waals surface area contributed by atoms with Gasteiger partial charge in [-0.05, 0) is 44.7 Å². The molecule has 3 atom stereocenters. The number of ether oxygens (including phenoxy) is 1. The number of anilines is 2. The zero-order valence-corrected chi connectivity index (χ0v) is 16.2. The molecule has 0 spiro atoms. The average molecular weight is 371 g/mol. The first kappa shape index (κ1) is 18.3. The van der Waals surface area contributed by atoms with Gasteiger partial charge in [0.1, 0.15) is 0 Å². The number of carbonyl (C=O) groups is 2. The Hall–Kier alpha value is -2.08. The van der Waals surface area contributed by atoms with Crippen LogP contribution in [-0.4, -0.2) is 55.1 Å². The van der Waals surface area contributed by atoms with Gasteiger partial charge in [-0.3, -0.25) is 9.59 Å². The second kappa shape index (κ2) is 7.50. The van der Waals surface area contributed by atoms with E-state index in [9.17, 15) is 9.59 Å². The number of likely N-dealkylation sites (tertiary alicyclic amines) is 1. The smallest absolute Gasteiger partial charge is 0.229 e. The molecule has 1 N–H and O–H groups in total. The molecular formula is C21H29N3O3. The van der Waals surface area contributed by atoms with Gasteiger partial charge in [0.15, 0.2) is 0 Å². The molecule has 1 aromatic carbocycles. The van der Waals surface area contributed by atoms with Crippen molar-refractivity contribution in [3.8, 4) is 0 Å². The fourth-order valence-electron chi connectivity index (χ4n) is 4.20. The number of morpholine rings is 1. The molecule has 0 unspecified atom stereocenters. The largest absolute Gasteiger partial charge is 0.372 e. The van der Waals surface area contributed by atoms with Crippen molar-refractivity contribution in [3.63, 3.8) is 0 Å². The molecule has 0 radical (unpaired) electrons. The van der Waals surface area contributed by atoms with Gasteiger partial charge in [0.05, 0.1) is 29.5 Å². The first-order chi connectivity index (χ1) is 13.0. The normalized spacial score (nSPS) is 28.5. The Bertz CT molecular complexity index is 708. The summed E-state index contributed by atoms with van der Waals surface area (Å²) in [4.78, 5) is 29.2. The number of amides is 2. The van der Waals surface area contributed by atoms with Crippen molar-refractivity contribution >= 4 is 23.2 Å². The average Bonchev–Trinajstić information content (AvgIpc) is 3.36. The van der Waals surface area contributed by atoms with Crippen LogP contribution in [0.5, 0.6) is 0 Å². The van der Waals surface area contributed by atoms with Crippen LogP contribution in [-0.2, 0) is 14.3 Å². The quantitative estimate of drug-likeness (QED) is 0.864. The van der Waals surface area contributed by atoms with Crippen LogP contribution in [0.2, 0.25) is 0 Å². The molecule has 6 heteroatoms.